The first kappa shape index (κ1) is 25.2. The Kier molecular flexibility index (Phi) is 16.5. The molecule has 6 N–H and O–H groups in total. The van der Waals surface area contributed by atoms with Crippen LogP contribution in [0.5, 0.6) is 0 Å². The highest BCUT2D eigenvalue weighted by molar-refractivity contribution is 5.81. The Morgan fingerprint density at radius 1 is 1.00 bits per heavy atom. The van der Waals surface area contributed by atoms with Crippen LogP contribution in [0.15, 0.2) is 4.99 Å². The van der Waals surface area contributed by atoms with E-state index in [2.05, 4.69) is 15.6 Å². The molecule has 0 rings (SSSR count). The second kappa shape index (κ2) is 17.7. The molecule has 0 aliphatic carbocycles. The van der Waals surface area contributed by atoms with Gasteiger partial charge in [-0.3, -0.25) is 14.6 Å². The number of carbonyl (C=O) groups excluding carboxylic acids is 2. The summed E-state index contributed by atoms with van der Waals surface area (Å²) in [7, 11) is 1.74. The first-order chi connectivity index (χ1) is 13.0. The second-order valence-electron chi connectivity index (χ2n) is 5.87. The number of hydrogen-bond acceptors (Lipinski definition) is 7. The van der Waals surface area contributed by atoms with Crippen LogP contribution < -0.4 is 22.1 Å². The quantitative estimate of drug-likeness (QED) is 0.129. The summed E-state index contributed by atoms with van der Waals surface area (Å²) in [6.45, 7) is 5.11. The molecule has 10 nitrogen and oxygen atoms in total. The van der Waals surface area contributed by atoms with Crippen LogP contribution in [0.25, 0.3) is 0 Å². The lowest BCUT2D eigenvalue weighted by Crippen LogP contribution is -2.43. The van der Waals surface area contributed by atoms with Crippen molar-refractivity contribution in [3.05, 3.63) is 0 Å². The highest BCUT2D eigenvalue weighted by Gasteiger charge is 2.14. The van der Waals surface area contributed by atoms with E-state index in [1.54, 1.807) is 7.05 Å². The summed E-state index contributed by atoms with van der Waals surface area (Å²) in [6, 6.07) is -0.287. The number of Topliss-reactive ketones (excluding diaryl/α,β-unsaturated/α-hetero) is 1. The van der Waals surface area contributed by atoms with Gasteiger partial charge in [0.2, 0.25) is 5.91 Å². The molecule has 0 aliphatic rings. The minimum Gasteiger partial charge on any atom is -0.379 e. The van der Waals surface area contributed by atoms with Gasteiger partial charge in [0.25, 0.3) is 0 Å². The monoisotopic (exact) mass is 389 g/mol. The first-order valence-corrected chi connectivity index (χ1v) is 9.20. The van der Waals surface area contributed by atoms with E-state index in [1.165, 1.54) is 6.92 Å². The molecule has 0 heterocycles. The number of nitrogens with one attached hydrogen (secondary N) is 2. The number of likely N-dealkylation sites (N-methyl/N-ethyl adjacent to an activating group) is 1. The van der Waals surface area contributed by atoms with E-state index in [9.17, 15) is 9.59 Å². The van der Waals surface area contributed by atoms with Gasteiger partial charge in [0.15, 0.2) is 5.96 Å². The lowest BCUT2D eigenvalue weighted by atomic mass is 10.1. The van der Waals surface area contributed by atoms with Gasteiger partial charge in [-0.15, -0.1) is 0 Å². The Morgan fingerprint density at radius 2 is 1.59 bits per heavy atom. The normalized spacial score (nSPS) is 11.8. The number of ether oxygens (including phenoxy) is 3. The zero-order valence-corrected chi connectivity index (χ0v) is 16.5. The average molecular weight is 389 g/mol. The number of nitrogens with zero attached hydrogens (tertiary/aromatic N) is 1. The molecule has 0 fully saturated rings. The summed E-state index contributed by atoms with van der Waals surface area (Å²) in [6.07, 6.45) is 1.78. The third kappa shape index (κ3) is 17.4. The smallest absolute Gasteiger partial charge is 0.237 e. The van der Waals surface area contributed by atoms with Gasteiger partial charge in [-0.2, -0.15) is 0 Å². The van der Waals surface area contributed by atoms with Crippen molar-refractivity contribution in [2.75, 3.05) is 59.8 Å². The lowest BCUT2D eigenvalue weighted by Gasteiger charge is -2.15. The van der Waals surface area contributed by atoms with Crippen LogP contribution in [0.3, 0.4) is 0 Å². The van der Waals surface area contributed by atoms with E-state index in [1.807, 2.05) is 0 Å². The molecular weight excluding hydrogens is 354 g/mol. The molecule has 27 heavy (non-hydrogen) atoms. The molecule has 0 aromatic rings. The molecule has 0 saturated heterocycles. The third-order valence-corrected chi connectivity index (χ3v) is 3.50. The molecule has 1 amide bonds. The fourth-order valence-corrected chi connectivity index (χ4v) is 2.04. The van der Waals surface area contributed by atoms with Gasteiger partial charge in [-0.05, 0) is 26.8 Å². The summed E-state index contributed by atoms with van der Waals surface area (Å²) in [5.41, 5.74) is 10.5. The Bertz CT molecular complexity index is 430. The summed E-state index contributed by atoms with van der Waals surface area (Å²) in [5, 5.41) is 5.79. The fourth-order valence-electron chi connectivity index (χ4n) is 2.04. The maximum Gasteiger partial charge on any atom is 0.237 e. The summed E-state index contributed by atoms with van der Waals surface area (Å²) in [5.74, 6) is 0.0928. The van der Waals surface area contributed by atoms with Crippen LogP contribution in [0.2, 0.25) is 0 Å². The molecule has 0 bridgehead atoms. The molecule has 10 heteroatoms. The Labute approximate surface area is 161 Å². The second-order valence-corrected chi connectivity index (χ2v) is 5.87. The number of nitrogens with two attached hydrogens (primary N) is 2. The van der Waals surface area contributed by atoms with Crippen molar-refractivity contribution in [1.82, 2.24) is 10.6 Å². The topological polar surface area (TPSA) is 150 Å². The van der Waals surface area contributed by atoms with Gasteiger partial charge in [0.05, 0.1) is 45.7 Å². The zero-order valence-electron chi connectivity index (χ0n) is 16.5. The third-order valence-electron chi connectivity index (χ3n) is 3.50. The molecular formula is C17H35N5O5. The summed E-state index contributed by atoms with van der Waals surface area (Å²) < 4.78 is 16.0. The Morgan fingerprint density at radius 3 is 2.15 bits per heavy atom. The number of aliphatic imine (C=N–C) groups is 1. The molecule has 1 atom stereocenters. The minimum atomic E-state index is -0.287. The van der Waals surface area contributed by atoms with Crippen molar-refractivity contribution in [3.63, 3.8) is 0 Å². The van der Waals surface area contributed by atoms with E-state index >= 15 is 0 Å². The average Bonchev–Trinajstić information content (AvgIpc) is 2.62. The molecule has 0 aliphatic heterocycles. The molecule has 0 aromatic heterocycles. The number of guanidine groups is 1. The predicted octanol–water partition coefficient (Wildman–Crippen LogP) is -1.23. The maximum atomic E-state index is 12.0. The van der Waals surface area contributed by atoms with Crippen molar-refractivity contribution in [2.45, 2.75) is 32.2 Å². The van der Waals surface area contributed by atoms with E-state index in [-0.39, 0.29) is 23.7 Å². The van der Waals surface area contributed by atoms with Gasteiger partial charge in [-0.25, -0.2) is 0 Å². The van der Waals surface area contributed by atoms with Crippen LogP contribution >= 0.6 is 0 Å². The van der Waals surface area contributed by atoms with Crippen molar-refractivity contribution < 1.29 is 23.8 Å². The first-order valence-electron chi connectivity index (χ1n) is 9.20. The highest BCUT2D eigenvalue weighted by atomic mass is 16.5. The predicted molar refractivity (Wildman–Crippen MR) is 104 cm³/mol. The van der Waals surface area contributed by atoms with Gasteiger partial charge >= 0.3 is 0 Å². The molecule has 0 radical (unpaired) electrons. The summed E-state index contributed by atoms with van der Waals surface area (Å²) >= 11 is 0. The number of ketones is 1. The van der Waals surface area contributed by atoms with Gasteiger partial charge in [0.1, 0.15) is 5.78 Å². The number of carbonyl (C=O) groups is 2. The Hall–Kier alpha value is -1.75. The van der Waals surface area contributed by atoms with E-state index in [0.717, 1.165) is 0 Å². The molecule has 0 unspecified atom stereocenters. The number of rotatable bonds is 18. The van der Waals surface area contributed by atoms with Crippen LogP contribution in [0.4, 0.5) is 0 Å². The van der Waals surface area contributed by atoms with Gasteiger partial charge < -0.3 is 36.3 Å². The van der Waals surface area contributed by atoms with Crippen molar-refractivity contribution >= 4 is 17.6 Å². The van der Waals surface area contributed by atoms with Crippen molar-refractivity contribution in [1.29, 1.82) is 0 Å². The lowest BCUT2D eigenvalue weighted by molar-refractivity contribution is -0.123. The number of amides is 1. The summed E-state index contributed by atoms with van der Waals surface area (Å²) in [4.78, 5) is 26.6. The largest absolute Gasteiger partial charge is 0.379 e. The molecule has 0 spiro atoms. The molecule has 0 aromatic carbocycles. The van der Waals surface area contributed by atoms with Crippen molar-refractivity contribution in [3.8, 4) is 0 Å². The van der Waals surface area contributed by atoms with Gasteiger partial charge in [-0.1, -0.05) is 0 Å². The SMILES string of the molecule is CN[C@@H](CCCN=C(N)N)C(=O)NCCOCCOCCOCCC(C)=O. The van der Waals surface area contributed by atoms with E-state index in [0.29, 0.717) is 72.0 Å². The molecule has 158 valence electrons. The van der Waals surface area contributed by atoms with E-state index < -0.39 is 0 Å². The van der Waals surface area contributed by atoms with Gasteiger partial charge in [0, 0.05) is 19.5 Å². The fraction of sp³-hybridized carbons (Fsp3) is 0.824. The van der Waals surface area contributed by atoms with Crippen LogP contribution in [0, 0.1) is 0 Å². The van der Waals surface area contributed by atoms with Crippen LogP contribution in [-0.2, 0) is 23.8 Å². The minimum absolute atomic E-state index is 0.0575. The number of hydrogen-bond donors (Lipinski definition) is 4. The van der Waals surface area contributed by atoms with Crippen molar-refractivity contribution in [2.24, 2.45) is 16.5 Å². The highest BCUT2D eigenvalue weighted by Crippen LogP contribution is 1.97. The standard InChI is InChI=1S/C17H35N5O5/c1-14(23)5-8-25-10-12-27-13-11-26-9-7-21-16(24)15(20-2)4-3-6-22-17(18)19/h15,20H,3-13H2,1-2H3,(H,21,24)(H4,18,19,22)/t15-/m0/s1. The molecule has 0 saturated carbocycles. The maximum absolute atomic E-state index is 12.0. The van der Waals surface area contributed by atoms with Crippen LogP contribution in [-0.4, -0.2) is 83.5 Å². The Balaban J connectivity index is 3.50. The van der Waals surface area contributed by atoms with Crippen LogP contribution in [0.1, 0.15) is 26.2 Å². The van der Waals surface area contributed by atoms with E-state index in [4.69, 9.17) is 25.7 Å². The zero-order chi connectivity index (χ0) is 20.3.